The molecule has 0 atom stereocenters. The molecule has 0 fully saturated rings. The average molecular weight is 177 g/mol. The molecule has 0 unspecified atom stereocenters. The van der Waals surface area contributed by atoms with E-state index in [1.165, 1.54) is 0 Å². The molecular weight excluding hydrogens is 158 g/mol. The third kappa shape index (κ3) is 7.26. The van der Waals surface area contributed by atoms with Crippen molar-refractivity contribution in [3.63, 3.8) is 0 Å². The molecule has 1 nitrogen and oxygen atoms in total. The third-order valence-corrected chi connectivity index (χ3v) is 1.61. The largest absolute Gasteiger partial charge is 0.262 e. The lowest BCUT2D eigenvalue weighted by atomic mass is 10.3. The van der Waals surface area contributed by atoms with Gasteiger partial charge in [0.05, 0.1) is 5.70 Å². The molecule has 0 saturated heterocycles. The Morgan fingerprint density at radius 3 is 2.62 bits per heavy atom. The average Bonchev–Trinajstić information content (AvgIpc) is 2.17. The number of rotatable bonds is 6. The Bertz CT molecular complexity index is 209. The molecule has 0 N–H and O–H groups in total. The van der Waals surface area contributed by atoms with E-state index < -0.39 is 0 Å². The van der Waals surface area contributed by atoms with Crippen LogP contribution in [0.25, 0.3) is 0 Å². The van der Waals surface area contributed by atoms with Crippen LogP contribution in [0.4, 0.5) is 0 Å². The molecule has 0 bridgehead atoms. The third-order valence-electron chi connectivity index (χ3n) is 1.61. The highest BCUT2D eigenvalue weighted by atomic mass is 14.7. The van der Waals surface area contributed by atoms with Crippen LogP contribution in [0.1, 0.15) is 33.1 Å². The van der Waals surface area contributed by atoms with Crippen LogP contribution < -0.4 is 0 Å². The second kappa shape index (κ2) is 8.98. The van der Waals surface area contributed by atoms with E-state index in [-0.39, 0.29) is 0 Å². The molecule has 0 amide bonds. The lowest BCUT2D eigenvalue weighted by Crippen LogP contribution is -1.76. The van der Waals surface area contributed by atoms with Crippen molar-refractivity contribution in [3.8, 4) is 0 Å². The maximum Gasteiger partial charge on any atom is 0.0577 e. The molecule has 0 spiro atoms. The van der Waals surface area contributed by atoms with E-state index in [1.807, 2.05) is 19.2 Å². The standard InChI is InChI=1S/C12H19N/c1-4-7-8-9-10-11-13-12(5-2)6-3/h5-8,11H,2,4,9-10H2,1,3H3/b8-7-,12-6-,13-11-. The van der Waals surface area contributed by atoms with Crippen molar-refractivity contribution in [1.82, 2.24) is 0 Å². The summed E-state index contributed by atoms with van der Waals surface area (Å²) in [6, 6.07) is 0. The van der Waals surface area contributed by atoms with Gasteiger partial charge in [0.15, 0.2) is 0 Å². The van der Waals surface area contributed by atoms with Gasteiger partial charge in [-0.15, -0.1) is 0 Å². The molecule has 0 saturated carbocycles. The van der Waals surface area contributed by atoms with Gasteiger partial charge in [-0.25, -0.2) is 0 Å². The quantitative estimate of drug-likeness (QED) is 0.252. The summed E-state index contributed by atoms with van der Waals surface area (Å²) >= 11 is 0. The van der Waals surface area contributed by atoms with Crippen LogP contribution in [-0.4, -0.2) is 6.21 Å². The first-order valence-electron chi connectivity index (χ1n) is 4.81. The number of hydrogen-bond acceptors (Lipinski definition) is 1. The predicted molar refractivity (Wildman–Crippen MR) is 61.1 cm³/mol. The van der Waals surface area contributed by atoms with Crippen LogP contribution in [0.15, 0.2) is 41.6 Å². The first kappa shape index (κ1) is 11.9. The van der Waals surface area contributed by atoms with Crippen LogP contribution in [0.2, 0.25) is 0 Å². The van der Waals surface area contributed by atoms with Crippen molar-refractivity contribution in [3.05, 3.63) is 36.6 Å². The fourth-order valence-corrected chi connectivity index (χ4v) is 0.870. The van der Waals surface area contributed by atoms with Gasteiger partial charge < -0.3 is 0 Å². The minimum Gasteiger partial charge on any atom is -0.262 e. The van der Waals surface area contributed by atoms with Gasteiger partial charge in [0.1, 0.15) is 0 Å². The van der Waals surface area contributed by atoms with Crippen LogP contribution in [0.3, 0.4) is 0 Å². The summed E-state index contributed by atoms with van der Waals surface area (Å²) < 4.78 is 0. The number of aliphatic imine (C=N–C) groups is 1. The zero-order valence-corrected chi connectivity index (χ0v) is 8.66. The molecule has 1 heteroatoms. The molecule has 13 heavy (non-hydrogen) atoms. The Hall–Kier alpha value is -1.11. The van der Waals surface area contributed by atoms with Gasteiger partial charge in [-0.05, 0) is 32.3 Å². The second-order valence-corrected chi connectivity index (χ2v) is 2.69. The van der Waals surface area contributed by atoms with E-state index in [1.54, 1.807) is 6.08 Å². The Labute approximate surface area is 81.6 Å². The van der Waals surface area contributed by atoms with Crippen LogP contribution in [0, 0.1) is 0 Å². The van der Waals surface area contributed by atoms with Gasteiger partial charge in [0.2, 0.25) is 0 Å². The smallest absolute Gasteiger partial charge is 0.0577 e. The predicted octanol–water partition coefficient (Wildman–Crippen LogP) is 3.89. The molecule has 0 aromatic rings. The van der Waals surface area contributed by atoms with Crippen molar-refractivity contribution in [1.29, 1.82) is 0 Å². The summed E-state index contributed by atoms with van der Waals surface area (Å²) in [7, 11) is 0. The first-order chi connectivity index (χ1) is 6.35. The minimum absolute atomic E-state index is 0.944. The van der Waals surface area contributed by atoms with Crippen molar-refractivity contribution in [2.45, 2.75) is 33.1 Å². The van der Waals surface area contributed by atoms with Gasteiger partial charge in [-0.1, -0.05) is 31.7 Å². The maximum atomic E-state index is 4.24. The Balaban J connectivity index is 3.63. The molecule has 0 aliphatic rings. The highest BCUT2D eigenvalue weighted by Gasteiger charge is 1.81. The van der Waals surface area contributed by atoms with E-state index in [0.717, 1.165) is 25.0 Å². The van der Waals surface area contributed by atoms with Crippen LogP contribution in [0.5, 0.6) is 0 Å². The summed E-state index contributed by atoms with van der Waals surface area (Å²) in [5, 5.41) is 0. The highest BCUT2D eigenvalue weighted by molar-refractivity contribution is 5.59. The molecule has 0 aromatic heterocycles. The Kier molecular flexibility index (Phi) is 8.21. The summed E-state index contributed by atoms with van der Waals surface area (Å²) in [4.78, 5) is 4.24. The van der Waals surface area contributed by atoms with E-state index in [9.17, 15) is 0 Å². The molecule has 0 rings (SSSR count). The van der Waals surface area contributed by atoms with Gasteiger partial charge in [-0.3, -0.25) is 4.99 Å². The molecular formula is C12H19N. The van der Waals surface area contributed by atoms with Gasteiger partial charge in [0, 0.05) is 6.21 Å². The van der Waals surface area contributed by atoms with E-state index in [2.05, 4.69) is 30.6 Å². The lowest BCUT2D eigenvalue weighted by molar-refractivity contribution is 1.09. The molecule has 0 aliphatic carbocycles. The van der Waals surface area contributed by atoms with Crippen LogP contribution >= 0.6 is 0 Å². The number of hydrogen-bond donors (Lipinski definition) is 0. The van der Waals surface area contributed by atoms with Crippen molar-refractivity contribution in [2.75, 3.05) is 0 Å². The lowest BCUT2D eigenvalue weighted by Gasteiger charge is -1.90. The molecule has 0 heterocycles. The fourth-order valence-electron chi connectivity index (χ4n) is 0.870. The topological polar surface area (TPSA) is 12.4 Å². The fraction of sp³-hybridized carbons (Fsp3) is 0.417. The number of allylic oxidation sites excluding steroid dienone is 4. The van der Waals surface area contributed by atoms with E-state index in [4.69, 9.17) is 0 Å². The summed E-state index contributed by atoms with van der Waals surface area (Å²) in [5.41, 5.74) is 0.944. The van der Waals surface area contributed by atoms with Gasteiger partial charge >= 0.3 is 0 Å². The number of nitrogens with zero attached hydrogens (tertiary/aromatic N) is 1. The van der Waals surface area contributed by atoms with Gasteiger partial charge in [-0.2, -0.15) is 0 Å². The zero-order valence-electron chi connectivity index (χ0n) is 8.66. The monoisotopic (exact) mass is 177 g/mol. The Morgan fingerprint density at radius 1 is 1.31 bits per heavy atom. The second-order valence-electron chi connectivity index (χ2n) is 2.69. The van der Waals surface area contributed by atoms with E-state index in [0.29, 0.717) is 0 Å². The first-order valence-corrected chi connectivity index (χ1v) is 4.81. The molecule has 72 valence electrons. The van der Waals surface area contributed by atoms with Crippen molar-refractivity contribution < 1.29 is 0 Å². The number of unbranched alkanes of at least 4 members (excludes halogenated alkanes) is 1. The van der Waals surface area contributed by atoms with Gasteiger partial charge in [0.25, 0.3) is 0 Å². The highest BCUT2D eigenvalue weighted by Crippen LogP contribution is 1.97. The molecule has 0 aliphatic heterocycles. The van der Waals surface area contributed by atoms with Crippen molar-refractivity contribution >= 4 is 6.21 Å². The summed E-state index contributed by atoms with van der Waals surface area (Å²) in [5.74, 6) is 0. The van der Waals surface area contributed by atoms with Crippen LogP contribution in [-0.2, 0) is 0 Å². The zero-order chi connectivity index (χ0) is 9.94. The van der Waals surface area contributed by atoms with E-state index >= 15 is 0 Å². The summed E-state index contributed by atoms with van der Waals surface area (Å²) in [6.07, 6.45) is 13.2. The van der Waals surface area contributed by atoms with Crippen molar-refractivity contribution in [2.24, 2.45) is 4.99 Å². The SMILES string of the molecule is C=CC(=C/C)/N=C\CC/C=C\CC. The maximum absolute atomic E-state index is 4.24. The minimum atomic E-state index is 0.944. The summed E-state index contributed by atoms with van der Waals surface area (Å²) in [6.45, 7) is 7.77. The molecule has 0 aromatic carbocycles. The Morgan fingerprint density at radius 2 is 2.08 bits per heavy atom. The normalized spacial score (nSPS) is 12.9. The molecule has 0 radical (unpaired) electrons.